The number of nitrogens with zero attached hydrogens (tertiary/aromatic N) is 1. The molecule has 0 bridgehead atoms. The number of thiazole rings is 1. The molecule has 0 saturated heterocycles. The first-order valence-corrected chi connectivity index (χ1v) is 7.78. The van der Waals surface area contributed by atoms with Crippen LogP contribution in [0, 0.1) is 5.82 Å². The Labute approximate surface area is 129 Å². The molecular weight excluding hydrogens is 313 g/mol. The number of methoxy groups -OCH3 is 1. The molecule has 0 atom stereocenters. The van der Waals surface area contributed by atoms with Crippen LogP contribution in [0.15, 0.2) is 29.2 Å². The van der Waals surface area contributed by atoms with Crippen molar-refractivity contribution in [1.82, 2.24) is 4.98 Å². The van der Waals surface area contributed by atoms with Crippen molar-refractivity contribution in [3.05, 3.63) is 45.7 Å². The molecule has 2 aromatic rings. The van der Waals surface area contributed by atoms with Gasteiger partial charge in [0.1, 0.15) is 15.7 Å². The smallest absolute Gasteiger partial charge is 0.358 e. The van der Waals surface area contributed by atoms with Crippen LogP contribution in [0.5, 0.6) is 0 Å². The molecule has 0 fully saturated rings. The van der Waals surface area contributed by atoms with Crippen LogP contribution in [-0.4, -0.2) is 23.8 Å². The minimum Gasteiger partial charge on any atom is -0.464 e. The number of ether oxygens (including phenoxy) is 1. The summed E-state index contributed by atoms with van der Waals surface area (Å²) < 4.78 is 17.7. The molecule has 21 heavy (non-hydrogen) atoms. The largest absolute Gasteiger partial charge is 0.464 e. The summed E-state index contributed by atoms with van der Waals surface area (Å²) in [5.74, 6) is -0.710. The highest BCUT2D eigenvalue weighted by atomic mass is 32.2. The van der Waals surface area contributed by atoms with Gasteiger partial charge in [0.15, 0.2) is 11.5 Å². The highest BCUT2D eigenvalue weighted by Gasteiger charge is 2.21. The van der Waals surface area contributed by atoms with Crippen LogP contribution in [0.25, 0.3) is 0 Å². The van der Waals surface area contributed by atoms with E-state index >= 15 is 0 Å². The Kier molecular flexibility index (Phi) is 5.08. The van der Waals surface area contributed by atoms with Gasteiger partial charge in [-0.15, -0.1) is 23.1 Å². The third-order valence-corrected chi connectivity index (χ3v) is 4.87. The van der Waals surface area contributed by atoms with Crippen molar-refractivity contribution in [1.29, 1.82) is 0 Å². The Morgan fingerprint density at radius 2 is 2.19 bits per heavy atom. The van der Waals surface area contributed by atoms with E-state index in [1.54, 1.807) is 12.1 Å². The first kappa shape index (κ1) is 15.7. The Balaban J connectivity index is 2.17. The summed E-state index contributed by atoms with van der Waals surface area (Å²) in [4.78, 5) is 28.3. The lowest BCUT2D eigenvalue weighted by atomic mass is 10.3. The summed E-state index contributed by atoms with van der Waals surface area (Å²) in [7, 11) is 1.24. The van der Waals surface area contributed by atoms with E-state index in [1.807, 2.05) is 0 Å². The highest BCUT2D eigenvalue weighted by Crippen LogP contribution is 2.28. The maximum absolute atomic E-state index is 13.1. The third kappa shape index (κ3) is 3.89. The van der Waals surface area contributed by atoms with Crippen LogP contribution in [0.4, 0.5) is 4.39 Å². The summed E-state index contributed by atoms with van der Waals surface area (Å²) in [6.07, 6.45) is 0. The van der Waals surface area contributed by atoms with Gasteiger partial charge in [-0.3, -0.25) is 4.79 Å². The number of rotatable bonds is 5. The van der Waals surface area contributed by atoms with Gasteiger partial charge < -0.3 is 4.74 Å². The van der Waals surface area contributed by atoms with E-state index < -0.39 is 5.97 Å². The van der Waals surface area contributed by atoms with Gasteiger partial charge in [0.05, 0.1) is 12.9 Å². The average molecular weight is 325 g/mol. The van der Waals surface area contributed by atoms with Crippen LogP contribution >= 0.6 is 23.1 Å². The molecule has 4 nitrogen and oxygen atoms in total. The molecule has 1 aromatic heterocycles. The second kappa shape index (κ2) is 6.82. The fraction of sp³-hybridized carbons (Fsp3) is 0.214. The number of ketones is 1. The second-order valence-electron chi connectivity index (χ2n) is 4.08. The van der Waals surface area contributed by atoms with Gasteiger partial charge in [-0.25, -0.2) is 14.2 Å². The molecule has 0 saturated carbocycles. The Bertz CT molecular complexity index is 685. The molecule has 0 aliphatic carbocycles. The van der Waals surface area contributed by atoms with E-state index in [2.05, 4.69) is 9.72 Å². The molecule has 0 unspecified atom stereocenters. The third-order valence-electron chi connectivity index (χ3n) is 2.53. The molecule has 7 heteroatoms. The summed E-state index contributed by atoms with van der Waals surface area (Å²) in [6, 6.07) is 6.21. The number of hydrogen-bond donors (Lipinski definition) is 0. The van der Waals surface area contributed by atoms with Crippen molar-refractivity contribution in [2.45, 2.75) is 17.6 Å². The quantitative estimate of drug-likeness (QED) is 0.478. The van der Waals surface area contributed by atoms with Crippen LogP contribution < -0.4 is 0 Å². The summed E-state index contributed by atoms with van der Waals surface area (Å²) in [5.41, 5.74) is 0.0462. The Morgan fingerprint density at radius 1 is 1.43 bits per heavy atom. The normalized spacial score (nSPS) is 10.4. The monoisotopic (exact) mass is 325 g/mol. The summed E-state index contributed by atoms with van der Waals surface area (Å²) in [5, 5.41) is 0.620. The number of carbonyl (C=O) groups excluding carboxylic acids is 2. The van der Waals surface area contributed by atoms with Crippen molar-refractivity contribution in [3.63, 3.8) is 0 Å². The Morgan fingerprint density at radius 3 is 2.81 bits per heavy atom. The molecular formula is C14H12FNO3S2. The van der Waals surface area contributed by atoms with E-state index in [0.717, 1.165) is 16.2 Å². The molecule has 1 aromatic carbocycles. The number of aromatic nitrogens is 1. The van der Waals surface area contributed by atoms with Gasteiger partial charge in [0.25, 0.3) is 0 Å². The van der Waals surface area contributed by atoms with Crippen LogP contribution in [0.1, 0.15) is 32.1 Å². The molecule has 0 aliphatic rings. The molecule has 0 amide bonds. The summed E-state index contributed by atoms with van der Waals surface area (Å²) in [6.45, 7) is 1.38. The first-order chi connectivity index (χ1) is 10.0. The van der Waals surface area contributed by atoms with Gasteiger partial charge in [0, 0.05) is 11.8 Å². The minimum atomic E-state index is -0.626. The minimum absolute atomic E-state index is 0.0462. The van der Waals surface area contributed by atoms with Crippen molar-refractivity contribution in [3.8, 4) is 0 Å². The Hall–Kier alpha value is -1.73. The van der Waals surface area contributed by atoms with E-state index in [0.29, 0.717) is 10.8 Å². The van der Waals surface area contributed by atoms with Gasteiger partial charge in [-0.05, 0) is 18.2 Å². The highest BCUT2D eigenvalue weighted by molar-refractivity contribution is 7.98. The average Bonchev–Trinajstić information content (AvgIpc) is 2.89. The maximum Gasteiger partial charge on any atom is 0.358 e. The number of halogens is 1. The molecule has 0 spiro atoms. The number of thioether (sulfide) groups is 1. The number of Topliss-reactive ketones (excluding diaryl/α,β-unsaturated/α-hetero) is 1. The van der Waals surface area contributed by atoms with Crippen LogP contribution in [-0.2, 0) is 10.5 Å². The molecule has 0 radical (unpaired) electrons. The van der Waals surface area contributed by atoms with Gasteiger partial charge in [0.2, 0.25) is 0 Å². The lowest BCUT2D eigenvalue weighted by Gasteiger charge is -1.98. The lowest BCUT2D eigenvalue weighted by Crippen LogP contribution is -2.07. The number of hydrogen-bond acceptors (Lipinski definition) is 6. The van der Waals surface area contributed by atoms with E-state index in [1.165, 1.54) is 37.9 Å². The zero-order valence-electron chi connectivity index (χ0n) is 11.4. The van der Waals surface area contributed by atoms with Crippen molar-refractivity contribution in [2.24, 2.45) is 0 Å². The number of carbonyl (C=O) groups is 2. The molecule has 0 aliphatic heterocycles. The topological polar surface area (TPSA) is 56.3 Å². The van der Waals surface area contributed by atoms with Crippen molar-refractivity contribution < 1.29 is 18.7 Å². The fourth-order valence-electron chi connectivity index (χ4n) is 1.60. The predicted molar refractivity (Wildman–Crippen MR) is 79.4 cm³/mol. The van der Waals surface area contributed by atoms with E-state index in [4.69, 9.17) is 0 Å². The number of benzene rings is 1. The van der Waals surface area contributed by atoms with Crippen molar-refractivity contribution >= 4 is 34.9 Å². The molecule has 110 valence electrons. The molecule has 2 rings (SSSR count). The SMILES string of the molecule is COC(=O)c1nc(CSc2cccc(F)c2)sc1C(C)=O. The lowest BCUT2D eigenvalue weighted by molar-refractivity contribution is 0.0591. The van der Waals surface area contributed by atoms with Gasteiger partial charge in [-0.2, -0.15) is 0 Å². The van der Waals surface area contributed by atoms with Crippen LogP contribution in [0.2, 0.25) is 0 Å². The second-order valence-corrected chi connectivity index (χ2v) is 6.21. The zero-order chi connectivity index (χ0) is 15.4. The van der Waals surface area contributed by atoms with Crippen LogP contribution in [0.3, 0.4) is 0 Å². The van der Waals surface area contributed by atoms with E-state index in [-0.39, 0.29) is 22.2 Å². The standard InChI is InChI=1S/C14H12FNO3S2/c1-8(17)13-12(14(18)19-2)16-11(21-13)7-20-10-5-3-4-9(15)6-10/h3-6H,7H2,1-2H3. The first-order valence-electron chi connectivity index (χ1n) is 5.98. The van der Waals surface area contributed by atoms with Crippen molar-refractivity contribution in [2.75, 3.05) is 7.11 Å². The van der Waals surface area contributed by atoms with Gasteiger partial charge >= 0.3 is 5.97 Å². The van der Waals surface area contributed by atoms with E-state index in [9.17, 15) is 14.0 Å². The summed E-state index contributed by atoms with van der Waals surface area (Å²) >= 11 is 2.54. The number of esters is 1. The van der Waals surface area contributed by atoms with Gasteiger partial charge in [-0.1, -0.05) is 6.07 Å². The maximum atomic E-state index is 13.1. The zero-order valence-corrected chi connectivity index (χ0v) is 13.0. The molecule has 1 heterocycles. The molecule has 0 N–H and O–H groups in total. The predicted octanol–water partition coefficient (Wildman–Crippen LogP) is 3.56. The fourth-order valence-corrected chi connectivity index (χ4v) is 3.48.